The number of pyridine rings is 2. The van der Waals surface area contributed by atoms with Crippen LogP contribution >= 0.6 is 0 Å². The number of nitrogens with one attached hydrogen (secondary N) is 1. The topological polar surface area (TPSA) is 76.3 Å². The molecule has 6 nitrogen and oxygen atoms in total. The fourth-order valence-corrected chi connectivity index (χ4v) is 3.48. The molecule has 29 heavy (non-hydrogen) atoms. The number of ether oxygens (including phenoxy) is 1. The van der Waals surface area contributed by atoms with Gasteiger partial charge in [0.25, 0.3) is 0 Å². The third-order valence-electron chi connectivity index (χ3n) is 5.07. The molecule has 2 heterocycles. The Bertz CT molecular complexity index is 969. The van der Waals surface area contributed by atoms with Crippen LogP contribution in [0.5, 0.6) is 5.75 Å². The number of hydrogen-bond donors (Lipinski definition) is 2. The summed E-state index contributed by atoms with van der Waals surface area (Å²) >= 11 is 0. The van der Waals surface area contributed by atoms with Crippen molar-refractivity contribution in [2.24, 2.45) is 5.73 Å². The lowest BCUT2D eigenvalue weighted by Gasteiger charge is -2.23. The highest BCUT2D eigenvalue weighted by Crippen LogP contribution is 2.34. The van der Waals surface area contributed by atoms with Crippen molar-refractivity contribution in [1.82, 2.24) is 9.97 Å². The van der Waals surface area contributed by atoms with Crippen LogP contribution in [0.1, 0.15) is 25.8 Å². The lowest BCUT2D eigenvalue weighted by atomic mass is 10.1. The maximum absolute atomic E-state index is 5.69. The van der Waals surface area contributed by atoms with E-state index >= 15 is 0 Å². The monoisotopic (exact) mass is 393 g/mol. The highest BCUT2D eigenvalue weighted by atomic mass is 16.5. The molecule has 3 rings (SSSR count). The van der Waals surface area contributed by atoms with Gasteiger partial charge >= 0.3 is 0 Å². The average molecular weight is 394 g/mol. The first kappa shape index (κ1) is 20.9. The van der Waals surface area contributed by atoms with Crippen LogP contribution in [0, 0.1) is 6.92 Å². The summed E-state index contributed by atoms with van der Waals surface area (Å²) in [5.41, 5.74) is 10.6. The maximum Gasteiger partial charge on any atom is 0.142 e. The molecular formula is C23H31N5O. The second-order valence-corrected chi connectivity index (χ2v) is 7.06. The molecule has 0 aliphatic carbocycles. The fourth-order valence-electron chi connectivity index (χ4n) is 3.48. The maximum atomic E-state index is 5.69. The molecule has 0 saturated carbocycles. The smallest absolute Gasteiger partial charge is 0.142 e. The van der Waals surface area contributed by atoms with Crippen LogP contribution in [0.15, 0.2) is 36.5 Å². The van der Waals surface area contributed by atoms with Crippen molar-refractivity contribution in [2.45, 2.75) is 27.2 Å². The predicted octanol–water partition coefficient (Wildman–Crippen LogP) is 4.22. The fraction of sp³-hybridized carbons (Fsp3) is 0.391. The Kier molecular flexibility index (Phi) is 6.88. The third-order valence-corrected chi connectivity index (χ3v) is 5.07. The largest absolute Gasteiger partial charge is 0.495 e. The molecule has 6 heteroatoms. The lowest BCUT2D eigenvalue weighted by molar-refractivity contribution is 0.414. The highest BCUT2D eigenvalue weighted by molar-refractivity contribution is 5.92. The number of nitrogens with zero attached hydrogens (tertiary/aromatic N) is 3. The van der Waals surface area contributed by atoms with E-state index in [9.17, 15) is 0 Å². The number of fused-ring (bicyclic) bond motifs is 1. The second kappa shape index (κ2) is 9.56. The van der Waals surface area contributed by atoms with Crippen LogP contribution in [0.25, 0.3) is 22.2 Å². The number of methoxy groups -OCH3 is 1. The van der Waals surface area contributed by atoms with E-state index in [0.29, 0.717) is 6.54 Å². The molecule has 154 valence electrons. The van der Waals surface area contributed by atoms with E-state index in [2.05, 4.69) is 53.3 Å². The van der Waals surface area contributed by atoms with Crippen molar-refractivity contribution < 1.29 is 4.74 Å². The van der Waals surface area contributed by atoms with E-state index in [-0.39, 0.29) is 0 Å². The summed E-state index contributed by atoms with van der Waals surface area (Å²) < 4.78 is 5.69. The molecule has 0 aliphatic rings. The van der Waals surface area contributed by atoms with Crippen LogP contribution in [-0.4, -0.2) is 43.3 Å². The van der Waals surface area contributed by atoms with Crippen molar-refractivity contribution in [3.05, 3.63) is 42.1 Å². The van der Waals surface area contributed by atoms with Crippen molar-refractivity contribution in [3.63, 3.8) is 0 Å². The number of aryl methyl sites for hydroxylation is 1. The summed E-state index contributed by atoms with van der Waals surface area (Å²) in [6, 6.07) is 10.4. The van der Waals surface area contributed by atoms with E-state index < -0.39 is 0 Å². The van der Waals surface area contributed by atoms with Gasteiger partial charge in [-0.1, -0.05) is 6.07 Å². The minimum atomic E-state index is 0.645. The Labute approximate surface area is 173 Å². The number of aromatic nitrogens is 2. The van der Waals surface area contributed by atoms with E-state index in [1.807, 2.05) is 19.2 Å². The summed E-state index contributed by atoms with van der Waals surface area (Å²) in [6.07, 6.45) is 2.78. The van der Waals surface area contributed by atoms with E-state index in [1.54, 1.807) is 7.11 Å². The van der Waals surface area contributed by atoms with Gasteiger partial charge in [0.1, 0.15) is 11.6 Å². The summed E-state index contributed by atoms with van der Waals surface area (Å²) in [6.45, 7) is 9.62. The molecule has 0 aliphatic heterocycles. The van der Waals surface area contributed by atoms with Crippen LogP contribution in [0.2, 0.25) is 0 Å². The van der Waals surface area contributed by atoms with Crippen molar-refractivity contribution in [2.75, 3.05) is 43.5 Å². The van der Waals surface area contributed by atoms with Gasteiger partial charge in [0.15, 0.2) is 0 Å². The first-order valence-electron chi connectivity index (χ1n) is 10.3. The normalized spacial score (nSPS) is 10.9. The van der Waals surface area contributed by atoms with Gasteiger partial charge < -0.3 is 20.7 Å². The van der Waals surface area contributed by atoms with Crippen molar-refractivity contribution >= 4 is 22.4 Å². The molecule has 3 N–H and O–H groups in total. The molecule has 0 atom stereocenters. The molecule has 0 unspecified atom stereocenters. The molecule has 0 bridgehead atoms. The molecule has 1 aromatic carbocycles. The zero-order valence-electron chi connectivity index (χ0n) is 17.8. The zero-order chi connectivity index (χ0) is 20.8. The Morgan fingerprint density at radius 2 is 1.93 bits per heavy atom. The van der Waals surface area contributed by atoms with Gasteiger partial charge in [-0.15, -0.1) is 0 Å². The zero-order valence-corrected chi connectivity index (χ0v) is 17.8. The minimum absolute atomic E-state index is 0.645. The Balaban J connectivity index is 2.08. The van der Waals surface area contributed by atoms with Gasteiger partial charge in [-0.25, -0.2) is 4.98 Å². The quantitative estimate of drug-likeness (QED) is 0.530. The molecular weight excluding hydrogens is 362 g/mol. The SMILES string of the molecule is CCN(CC)c1ccc(-c2cc3ncc(C)cc3c(NCCCN)n2)cc1OC. The van der Waals surface area contributed by atoms with E-state index in [0.717, 1.165) is 71.0 Å². The summed E-state index contributed by atoms with van der Waals surface area (Å²) in [7, 11) is 1.71. The number of hydrogen-bond acceptors (Lipinski definition) is 6. The highest BCUT2D eigenvalue weighted by Gasteiger charge is 2.14. The van der Waals surface area contributed by atoms with Crippen molar-refractivity contribution in [1.29, 1.82) is 0 Å². The first-order chi connectivity index (χ1) is 14.1. The summed E-state index contributed by atoms with van der Waals surface area (Å²) in [4.78, 5) is 11.8. The predicted molar refractivity (Wildman–Crippen MR) is 122 cm³/mol. The Hall–Kier alpha value is -2.86. The molecule has 0 spiro atoms. The minimum Gasteiger partial charge on any atom is -0.495 e. The van der Waals surface area contributed by atoms with Gasteiger partial charge in [-0.2, -0.15) is 0 Å². The average Bonchev–Trinajstić information content (AvgIpc) is 2.75. The molecule has 2 aromatic heterocycles. The number of anilines is 2. The number of benzene rings is 1. The number of nitrogens with two attached hydrogens (primary N) is 1. The first-order valence-corrected chi connectivity index (χ1v) is 10.3. The van der Waals surface area contributed by atoms with Gasteiger partial charge in [0.2, 0.25) is 0 Å². The molecule has 0 fully saturated rings. The van der Waals surface area contributed by atoms with Crippen LogP contribution in [-0.2, 0) is 0 Å². The Morgan fingerprint density at radius 3 is 2.62 bits per heavy atom. The third kappa shape index (κ3) is 4.59. The van der Waals surface area contributed by atoms with Gasteiger partial charge in [0.05, 0.1) is 24.0 Å². The van der Waals surface area contributed by atoms with Crippen LogP contribution < -0.4 is 20.7 Å². The lowest BCUT2D eigenvalue weighted by Crippen LogP contribution is -2.22. The summed E-state index contributed by atoms with van der Waals surface area (Å²) in [5, 5.41) is 4.46. The molecule has 3 aromatic rings. The van der Waals surface area contributed by atoms with Crippen LogP contribution in [0.4, 0.5) is 11.5 Å². The van der Waals surface area contributed by atoms with Gasteiger partial charge in [-0.05, 0) is 63.6 Å². The van der Waals surface area contributed by atoms with E-state index in [4.69, 9.17) is 15.5 Å². The van der Waals surface area contributed by atoms with E-state index in [1.165, 1.54) is 0 Å². The van der Waals surface area contributed by atoms with Gasteiger partial charge in [-0.3, -0.25) is 4.98 Å². The Morgan fingerprint density at radius 1 is 1.14 bits per heavy atom. The molecule has 0 radical (unpaired) electrons. The van der Waals surface area contributed by atoms with Gasteiger partial charge in [0, 0.05) is 36.8 Å². The standard InChI is InChI=1S/C23H31N5O/c1-5-28(6-2)21-9-8-17(13-22(21)29-4)19-14-20-18(12-16(3)15-26-20)23(27-19)25-11-7-10-24/h8-9,12-15H,5-7,10-11,24H2,1-4H3,(H,25,27). The number of rotatable bonds is 9. The molecule has 0 saturated heterocycles. The molecule has 0 amide bonds. The van der Waals surface area contributed by atoms with Crippen molar-refractivity contribution in [3.8, 4) is 17.0 Å². The second-order valence-electron chi connectivity index (χ2n) is 7.06. The summed E-state index contributed by atoms with van der Waals surface area (Å²) in [5.74, 6) is 1.69. The van der Waals surface area contributed by atoms with Crippen LogP contribution in [0.3, 0.4) is 0 Å².